The molecular formula is C8H11NO3. The molecule has 1 heterocycles. The Morgan fingerprint density at radius 3 is 2.75 bits per heavy atom. The fourth-order valence-corrected chi connectivity index (χ4v) is 0.964. The van der Waals surface area contributed by atoms with Gasteiger partial charge >= 0.3 is 5.97 Å². The quantitative estimate of drug-likeness (QED) is 0.590. The van der Waals surface area contributed by atoms with E-state index < -0.39 is 0 Å². The smallest absolute Gasteiger partial charge is 0.318 e. The van der Waals surface area contributed by atoms with E-state index in [1.165, 1.54) is 6.92 Å². The van der Waals surface area contributed by atoms with Crippen molar-refractivity contribution in [3.63, 3.8) is 0 Å². The zero-order valence-electron chi connectivity index (χ0n) is 7.16. The van der Waals surface area contributed by atoms with Crippen LogP contribution in [0.4, 0.5) is 0 Å². The zero-order valence-corrected chi connectivity index (χ0v) is 7.16. The molecule has 0 aromatic rings. The average Bonchev–Trinajstić information content (AvgIpc) is 2.30. The van der Waals surface area contributed by atoms with Crippen LogP contribution < -0.4 is 0 Å². The fourth-order valence-electron chi connectivity index (χ4n) is 0.964. The minimum Gasteiger partial charge on any atom is -0.318 e. The van der Waals surface area contributed by atoms with Crippen LogP contribution in [0.5, 0.6) is 0 Å². The molecule has 0 aromatic carbocycles. The molecule has 0 radical (unpaired) electrons. The molecule has 0 spiro atoms. The topological polar surface area (TPSA) is 55.7 Å². The summed E-state index contributed by atoms with van der Waals surface area (Å²) in [5, 5.41) is 3.58. The first-order valence-electron chi connectivity index (χ1n) is 3.88. The molecule has 4 heteroatoms. The summed E-state index contributed by atoms with van der Waals surface area (Å²) >= 11 is 0. The molecule has 0 saturated heterocycles. The van der Waals surface area contributed by atoms with Crippen LogP contribution in [0, 0.1) is 5.92 Å². The van der Waals surface area contributed by atoms with Crippen LogP contribution >= 0.6 is 0 Å². The third-order valence-corrected chi connectivity index (χ3v) is 1.84. The van der Waals surface area contributed by atoms with Gasteiger partial charge in [0, 0.05) is 6.42 Å². The Morgan fingerprint density at radius 2 is 2.33 bits per heavy atom. The number of hydrogen-bond acceptors (Lipinski definition) is 4. The second-order valence-corrected chi connectivity index (χ2v) is 2.92. The maximum Gasteiger partial charge on any atom is 0.343 e. The summed E-state index contributed by atoms with van der Waals surface area (Å²) in [6.07, 6.45) is 0.960. The predicted octanol–water partition coefficient (Wildman–Crippen LogP) is 0.904. The standard InChI is InChI=1S/C8H11NO3/c1-5(10)3-4-7-6(2)8(11)12-9-7/h6H,3-4H2,1-2H3. The summed E-state index contributed by atoms with van der Waals surface area (Å²) in [4.78, 5) is 25.9. The first kappa shape index (κ1) is 8.90. The van der Waals surface area contributed by atoms with Crippen molar-refractivity contribution in [2.24, 2.45) is 11.1 Å². The number of Topliss-reactive ketones (excluding diaryl/α,β-unsaturated/α-hetero) is 1. The third kappa shape index (κ3) is 1.90. The second-order valence-electron chi connectivity index (χ2n) is 2.92. The molecule has 0 aromatic heterocycles. The van der Waals surface area contributed by atoms with Crippen molar-refractivity contribution in [3.05, 3.63) is 0 Å². The first-order chi connectivity index (χ1) is 5.61. The molecular weight excluding hydrogens is 158 g/mol. The van der Waals surface area contributed by atoms with Gasteiger partial charge in [0.1, 0.15) is 5.78 Å². The van der Waals surface area contributed by atoms with Gasteiger partial charge in [-0.25, -0.2) is 4.79 Å². The van der Waals surface area contributed by atoms with Crippen molar-refractivity contribution in [3.8, 4) is 0 Å². The number of rotatable bonds is 3. The number of hydrogen-bond donors (Lipinski definition) is 0. The van der Waals surface area contributed by atoms with Crippen LogP contribution in [0.3, 0.4) is 0 Å². The molecule has 1 aliphatic heterocycles. The highest BCUT2D eigenvalue weighted by molar-refractivity contribution is 6.05. The van der Waals surface area contributed by atoms with Crippen molar-refractivity contribution in [1.82, 2.24) is 0 Å². The molecule has 4 nitrogen and oxygen atoms in total. The van der Waals surface area contributed by atoms with Gasteiger partial charge in [0.2, 0.25) is 0 Å². The number of nitrogens with zero attached hydrogens (tertiary/aromatic N) is 1. The molecule has 0 fully saturated rings. The van der Waals surface area contributed by atoms with E-state index in [0.717, 1.165) is 0 Å². The third-order valence-electron chi connectivity index (χ3n) is 1.84. The van der Waals surface area contributed by atoms with Crippen LogP contribution in [0.1, 0.15) is 26.7 Å². The van der Waals surface area contributed by atoms with E-state index in [1.54, 1.807) is 6.92 Å². The van der Waals surface area contributed by atoms with Crippen LogP contribution in [-0.2, 0) is 14.4 Å². The van der Waals surface area contributed by atoms with Crippen LogP contribution in [0.2, 0.25) is 0 Å². The van der Waals surface area contributed by atoms with Gasteiger partial charge in [-0.1, -0.05) is 5.16 Å². The Balaban J connectivity index is 2.44. The van der Waals surface area contributed by atoms with Crippen molar-refractivity contribution >= 4 is 17.5 Å². The highest BCUT2D eigenvalue weighted by Crippen LogP contribution is 2.14. The normalized spacial score (nSPS) is 22.0. The molecule has 0 saturated carbocycles. The van der Waals surface area contributed by atoms with Crippen molar-refractivity contribution < 1.29 is 14.4 Å². The Labute approximate surface area is 70.6 Å². The van der Waals surface area contributed by atoms with Crippen molar-refractivity contribution in [1.29, 1.82) is 0 Å². The monoisotopic (exact) mass is 169 g/mol. The summed E-state index contributed by atoms with van der Waals surface area (Å²) < 4.78 is 0. The number of ketones is 1. The van der Waals surface area contributed by atoms with Gasteiger partial charge in [-0.15, -0.1) is 0 Å². The van der Waals surface area contributed by atoms with E-state index in [2.05, 4.69) is 9.99 Å². The Hall–Kier alpha value is -1.19. The summed E-state index contributed by atoms with van der Waals surface area (Å²) in [6.45, 7) is 3.25. The van der Waals surface area contributed by atoms with E-state index in [1.807, 2.05) is 0 Å². The predicted molar refractivity (Wildman–Crippen MR) is 42.6 cm³/mol. The molecule has 1 atom stereocenters. The summed E-state index contributed by atoms with van der Waals surface area (Å²) in [7, 11) is 0. The van der Waals surface area contributed by atoms with Crippen LogP contribution in [0.15, 0.2) is 5.16 Å². The SMILES string of the molecule is CC(=O)CCC1=NOC(=O)C1C. The molecule has 66 valence electrons. The average molecular weight is 169 g/mol. The zero-order chi connectivity index (χ0) is 9.14. The van der Waals surface area contributed by atoms with E-state index in [9.17, 15) is 9.59 Å². The molecule has 1 aliphatic rings. The van der Waals surface area contributed by atoms with Crippen LogP contribution in [0.25, 0.3) is 0 Å². The number of oxime groups is 1. The Morgan fingerprint density at radius 1 is 1.67 bits per heavy atom. The summed E-state index contributed by atoms with van der Waals surface area (Å²) in [6, 6.07) is 0. The number of carbonyl (C=O) groups is 2. The van der Waals surface area contributed by atoms with Gasteiger partial charge in [0.15, 0.2) is 0 Å². The van der Waals surface area contributed by atoms with Crippen molar-refractivity contribution in [2.75, 3.05) is 0 Å². The lowest BCUT2D eigenvalue weighted by molar-refractivity contribution is -0.143. The van der Waals surface area contributed by atoms with Gasteiger partial charge in [0.25, 0.3) is 0 Å². The van der Waals surface area contributed by atoms with Crippen LogP contribution in [-0.4, -0.2) is 17.5 Å². The van der Waals surface area contributed by atoms with E-state index >= 15 is 0 Å². The van der Waals surface area contributed by atoms with Gasteiger partial charge in [-0.3, -0.25) is 0 Å². The lowest BCUT2D eigenvalue weighted by atomic mass is 10.0. The van der Waals surface area contributed by atoms with Gasteiger partial charge in [0.05, 0.1) is 11.6 Å². The van der Waals surface area contributed by atoms with E-state index in [4.69, 9.17) is 0 Å². The highest BCUT2D eigenvalue weighted by Gasteiger charge is 2.27. The maximum absolute atomic E-state index is 10.8. The summed E-state index contributed by atoms with van der Waals surface area (Å²) in [5.41, 5.74) is 0.676. The van der Waals surface area contributed by atoms with E-state index in [0.29, 0.717) is 18.6 Å². The lowest BCUT2D eigenvalue weighted by Crippen LogP contribution is -2.14. The lowest BCUT2D eigenvalue weighted by Gasteiger charge is -1.98. The van der Waals surface area contributed by atoms with Gasteiger partial charge < -0.3 is 9.63 Å². The largest absolute Gasteiger partial charge is 0.343 e. The minimum atomic E-state index is -0.325. The molecule has 1 unspecified atom stereocenters. The van der Waals surface area contributed by atoms with Crippen molar-refractivity contribution in [2.45, 2.75) is 26.7 Å². The fraction of sp³-hybridized carbons (Fsp3) is 0.625. The maximum atomic E-state index is 10.8. The van der Waals surface area contributed by atoms with E-state index in [-0.39, 0.29) is 17.7 Å². The Kier molecular flexibility index (Phi) is 2.58. The first-order valence-corrected chi connectivity index (χ1v) is 3.88. The molecule has 12 heavy (non-hydrogen) atoms. The van der Waals surface area contributed by atoms with Gasteiger partial charge in [-0.05, 0) is 20.3 Å². The molecule has 0 aliphatic carbocycles. The molecule has 1 rings (SSSR count). The highest BCUT2D eigenvalue weighted by atomic mass is 16.7. The summed E-state index contributed by atoms with van der Waals surface area (Å²) in [5.74, 6) is -0.498. The second kappa shape index (κ2) is 3.47. The minimum absolute atomic E-state index is 0.101. The number of carbonyl (C=O) groups excluding carboxylic acids is 2. The molecule has 0 bridgehead atoms. The molecule has 0 amide bonds. The molecule has 0 N–H and O–H groups in total. The van der Waals surface area contributed by atoms with Gasteiger partial charge in [-0.2, -0.15) is 0 Å². The Bertz CT molecular complexity index is 245.